The number of ether oxygens (including phenoxy) is 1. The van der Waals surface area contributed by atoms with E-state index in [1.165, 1.54) is 0 Å². The maximum atomic E-state index is 5.72. The number of hydrogen-bond donors (Lipinski definition) is 1. The molecule has 1 aliphatic heterocycles. The van der Waals surface area contributed by atoms with E-state index in [-0.39, 0.29) is 0 Å². The zero-order valence-electron chi connectivity index (χ0n) is 11.7. The Kier molecular flexibility index (Phi) is 3.56. The molecule has 20 heavy (non-hydrogen) atoms. The largest absolute Gasteiger partial charge is 0.489 e. The van der Waals surface area contributed by atoms with Crippen LogP contribution in [-0.4, -0.2) is 48.8 Å². The molecule has 0 radical (unpaired) electrons. The second-order valence-electron chi connectivity index (χ2n) is 5.03. The lowest BCUT2D eigenvalue weighted by atomic mass is 10.1. The molecule has 3 rings (SSSR count). The second kappa shape index (κ2) is 5.50. The molecule has 1 aliphatic rings. The standard InChI is InChI=1S/C14H18N4O2/c1-18(2)8-6-12-16-14(20-17-12)10-4-3-5-11-13(10)19-9-7-15-11/h3-5,15H,6-9H2,1-2H3. The maximum Gasteiger partial charge on any atom is 0.261 e. The molecule has 106 valence electrons. The Bertz CT molecular complexity index is 595. The van der Waals surface area contributed by atoms with Crippen LogP contribution in [0.3, 0.4) is 0 Å². The van der Waals surface area contributed by atoms with Crippen LogP contribution in [0.15, 0.2) is 22.7 Å². The molecule has 0 spiro atoms. The molecule has 6 heteroatoms. The normalized spacial score (nSPS) is 13.8. The van der Waals surface area contributed by atoms with Crippen molar-refractivity contribution in [3.63, 3.8) is 0 Å². The van der Waals surface area contributed by atoms with E-state index in [1.54, 1.807) is 0 Å². The lowest BCUT2D eigenvalue weighted by Gasteiger charge is -2.20. The number of nitrogens with one attached hydrogen (secondary N) is 1. The number of aromatic nitrogens is 2. The average molecular weight is 274 g/mol. The van der Waals surface area contributed by atoms with Crippen LogP contribution in [0, 0.1) is 0 Å². The highest BCUT2D eigenvalue weighted by Crippen LogP contribution is 2.37. The molecular weight excluding hydrogens is 256 g/mol. The van der Waals surface area contributed by atoms with Gasteiger partial charge in [0.2, 0.25) is 0 Å². The predicted octanol–water partition coefficient (Wildman–Crippen LogP) is 1.64. The number of likely N-dealkylation sites (N-methyl/N-ethyl adjacent to an activating group) is 1. The fraction of sp³-hybridized carbons (Fsp3) is 0.429. The van der Waals surface area contributed by atoms with Gasteiger partial charge in [0.05, 0.1) is 11.3 Å². The van der Waals surface area contributed by atoms with Crippen molar-refractivity contribution in [3.8, 4) is 17.2 Å². The van der Waals surface area contributed by atoms with Gasteiger partial charge in [0, 0.05) is 19.5 Å². The molecule has 0 fully saturated rings. The van der Waals surface area contributed by atoms with Crippen LogP contribution in [0.4, 0.5) is 5.69 Å². The first kappa shape index (κ1) is 12.9. The Morgan fingerprint density at radius 2 is 2.25 bits per heavy atom. The molecule has 1 aromatic heterocycles. The number of benzene rings is 1. The number of fused-ring (bicyclic) bond motifs is 1. The molecule has 2 aromatic rings. The van der Waals surface area contributed by atoms with E-state index in [9.17, 15) is 0 Å². The van der Waals surface area contributed by atoms with Gasteiger partial charge in [0.1, 0.15) is 6.61 Å². The molecule has 2 heterocycles. The Hall–Kier alpha value is -2.08. The summed E-state index contributed by atoms with van der Waals surface area (Å²) in [6, 6.07) is 5.88. The summed E-state index contributed by atoms with van der Waals surface area (Å²) in [5, 5.41) is 7.32. The van der Waals surface area contributed by atoms with Crippen LogP contribution in [0.5, 0.6) is 5.75 Å². The summed E-state index contributed by atoms with van der Waals surface area (Å²) < 4.78 is 11.1. The van der Waals surface area contributed by atoms with Crippen molar-refractivity contribution in [2.45, 2.75) is 6.42 Å². The summed E-state index contributed by atoms with van der Waals surface area (Å²) in [6.07, 6.45) is 0.768. The van der Waals surface area contributed by atoms with Gasteiger partial charge in [-0.15, -0.1) is 0 Å². The zero-order chi connectivity index (χ0) is 13.9. The number of hydrogen-bond acceptors (Lipinski definition) is 6. The van der Waals surface area contributed by atoms with Crippen molar-refractivity contribution in [3.05, 3.63) is 24.0 Å². The third kappa shape index (κ3) is 2.60. The Morgan fingerprint density at radius 1 is 1.35 bits per heavy atom. The summed E-state index contributed by atoms with van der Waals surface area (Å²) in [6.45, 7) is 2.35. The van der Waals surface area contributed by atoms with Gasteiger partial charge in [-0.05, 0) is 26.2 Å². The van der Waals surface area contributed by atoms with Crippen molar-refractivity contribution in [2.24, 2.45) is 0 Å². The Balaban J connectivity index is 1.86. The summed E-state index contributed by atoms with van der Waals surface area (Å²) in [5.74, 6) is 2.02. The van der Waals surface area contributed by atoms with E-state index in [2.05, 4.69) is 20.4 Å². The average Bonchev–Trinajstić information content (AvgIpc) is 2.93. The highest BCUT2D eigenvalue weighted by atomic mass is 16.5. The quantitative estimate of drug-likeness (QED) is 0.914. The van der Waals surface area contributed by atoms with Crippen molar-refractivity contribution in [2.75, 3.05) is 39.1 Å². The van der Waals surface area contributed by atoms with Crippen molar-refractivity contribution in [1.82, 2.24) is 15.0 Å². The minimum atomic E-state index is 0.513. The molecule has 0 aliphatic carbocycles. The topological polar surface area (TPSA) is 63.4 Å². The van der Waals surface area contributed by atoms with Gasteiger partial charge in [0.25, 0.3) is 5.89 Å². The first-order chi connectivity index (χ1) is 9.74. The Labute approximate surface area is 117 Å². The third-order valence-electron chi connectivity index (χ3n) is 3.16. The van der Waals surface area contributed by atoms with Crippen LogP contribution in [0.2, 0.25) is 0 Å². The molecule has 1 N–H and O–H groups in total. The van der Waals surface area contributed by atoms with Crippen LogP contribution >= 0.6 is 0 Å². The number of nitrogens with zero attached hydrogens (tertiary/aromatic N) is 3. The van der Waals surface area contributed by atoms with Gasteiger partial charge < -0.3 is 19.5 Å². The fourth-order valence-electron chi connectivity index (χ4n) is 2.13. The molecule has 6 nitrogen and oxygen atoms in total. The molecule has 0 unspecified atom stereocenters. The van der Waals surface area contributed by atoms with E-state index in [4.69, 9.17) is 9.26 Å². The summed E-state index contributed by atoms with van der Waals surface area (Å²) in [7, 11) is 4.04. The van der Waals surface area contributed by atoms with E-state index in [1.807, 2.05) is 32.3 Å². The van der Waals surface area contributed by atoms with E-state index >= 15 is 0 Å². The van der Waals surface area contributed by atoms with Crippen LogP contribution < -0.4 is 10.1 Å². The Morgan fingerprint density at radius 3 is 3.10 bits per heavy atom. The first-order valence-corrected chi connectivity index (χ1v) is 6.71. The van der Waals surface area contributed by atoms with Crippen LogP contribution in [-0.2, 0) is 6.42 Å². The summed E-state index contributed by atoms with van der Waals surface area (Å²) in [5.41, 5.74) is 1.82. The fourth-order valence-corrected chi connectivity index (χ4v) is 2.13. The smallest absolute Gasteiger partial charge is 0.261 e. The number of anilines is 1. The predicted molar refractivity (Wildman–Crippen MR) is 76.0 cm³/mol. The van der Waals surface area contributed by atoms with Crippen LogP contribution in [0.25, 0.3) is 11.5 Å². The number of rotatable bonds is 4. The zero-order valence-corrected chi connectivity index (χ0v) is 11.7. The molecule has 1 aromatic carbocycles. The third-order valence-corrected chi connectivity index (χ3v) is 3.16. The van der Waals surface area contributed by atoms with Gasteiger partial charge >= 0.3 is 0 Å². The molecular formula is C14H18N4O2. The van der Waals surface area contributed by atoms with E-state index < -0.39 is 0 Å². The summed E-state index contributed by atoms with van der Waals surface area (Å²) >= 11 is 0. The van der Waals surface area contributed by atoms with Crippen LogP contribution in [0.1, 0.15) is 5.82 Å². The monoisotopic (exact) mass is 274 g/mol. The second-order valence-corrected chi connectivity index (χ2v) is 5.03. The lowest BCUT2D eigenvalue weighted by molar-refractivity contribution is 0.322. The van der Waals surface area contributed by atoms with Gasteiger partial charge in [-0.1, -0.05) is 11.2 Å². The van der Waals surface area contributed by atoms with Crippen molar-refractivity contribution >= 4 is 5.69 Å². The molecule has 0 saturated heterocycles. The number of para-hydroxylation sites is 1. The van der Waals surface area contributed by atoms with Gasteiger partial charge in [-0.3, -0.25) is 0 Å². The van der Waals surface area contributed by atoms with Crippen molar-refractivity contribution in [1.29, 1.82) is 0 Å². The first-order valence-electron chi connectivity index (χ1n) is 6.71. The maximum absolute atomic E-state index is 5.72. The highest BCUT2D eigenvalue weighted by Gasteiger charge is 2.19. The molecule has 0 amide bonds. The van der Waals surface area contributed by atoms with Gasteiger partial charge in [-0.2, -0.15) is 4.98 Å². The van der Waals surface area contributed by atoms with E-state index in [0.717, 1.165) is 42.3 Å². The molecule has 0 bridgehead atoms. The summed E-state index contributed by atoms with van der Waals surface area (Å²) in [4.78, 5) is 6.54. The SMILES string of the molecule is CN(C)CCc1noc(-c2cccc3c2OCCN3)n1. The molecule has 0 atom stereocenters. The highest BCUT2D eigenvalue weighted by molar-refractivity contribution is 5.74. The minimum absolute atomic E-state index is 0.513. The van der Waals surface area contributed by atoms with E-state index in [0.29, 0.717) is 12.5 Å². The minimum Gasteiger partial charge on any atom is -0.489 e. The van der Waals surface area contributed by atoms with Gasteiger partial charge in [-0.25, -0.2) is 0 Å². The molecule has 0 saturated carbocycles. The van der Waals surface area contributed by atoms with Crippen molar-refractivity contribution < 1.29 is 9.26 Å². The van der Waals surface area contributed by atoms with Gasteiger partial charge in [0.15, 0.2) is 11.6 Å². The lowest BCUT2D eigenvalue weighted by Crippen LogP contribution is -2.18.